The van der Waals surface area contributed by atoms with Crippen LogP contribution < -0.4 is 0 Å². The van der Waals surface area contributed by atoms with Gasteiger partial charge in [-0.25, -0.2) is 13.8 Å². The average molecular weight is 251 g/mol. The van der Waals surface area contributed by atoms with E-state index in [1.165, 1.54) is 11.3 Å². The topological polar surface area (TPSA) is 41.6 Å². The molecule has 0 aliphatic rings. The Bertz CT molecular complexity index is 465. The Morgan fingerprint density at radius 1 is 1.38 bits per heavy atom. The van der Waals surface area contributed by atoms with Crippen LogP contribution in [0.4, 0.5) is 17.6 Å². The summed E-state index contributed by atoms with van der Waals surface area (Å²) >= 11 is 1.23. The molecule has 0 amide bonds. The van der Waals surface area contributed by atoms with Gasteiger partial charge in [0.2, 0.25) is 5.82 Å². The lowest BCUT2D eigenvalue weighted by Crippen LogP contribution is -2.25. The summed E-state index contributed by atoms with van der Waals surface area (Å²) in [5, 5.41) is 7.00. The van der Waals surface area contributed by atoms with Crippen LogP contribution in [0.3, 0.4) is 0 Å². The number of hydrogen-bond donors (Lipinski definition) is 1. The van der Waals surface area contributed by atoms with E-state index in [0.29, 0.717) is 4.88 Å². The first-order valence-electron chi connectivity index (χ1n) is 4.14. The van der Waals surface area contributed by atoms with Crippen molar-refractivity contribution in [1.29, 1.82) is 0 Å². The number of thiophene rings is 1. The summed E-state index contributed by atoms with van der Waals surface area (Å²) < 4.78 is 49.7. The van der Waals surface area contributed by atoms with Crippen molar-refractivity contribution in [2.75, 3.05) is 0 Å². The molecule has 0 aromatic carbocycles. The fourth-order valence-corrected chi connectivity index (χ4v) is 1.69. The SMILES string of the molecule is FC(F)C(F)(F)c1nc(-c2cccs2)n[nH]1. The predicted octanol–water partition coefficient (Wildman–Crippen LogP) is 2.89. The van der Waals surface area contributed by atoms with Gasteiger partial charge in [0, 0.05) is 0 Å². The van der Waals surface area contributed by atoms with Crippen molar-refractivity contribution in [3.05, 3.63) is 23.3 Å². The summed E-state index contributed by atoms with van der Waals surface area (Å²) in [6.07, 6.45) is -3.81. The molecule has 2 rings (SSSR count). The van der Waals surface area contributed by atoms with E-state index in [1.54, 1.807) is 17.5 Å². The number of alkyl halides is 4. The van der Waals surface area contributed by atoms with Crippen LogP contribution in [0.15, 0.2) is 17.5 Å². The third-order valence-corrected chi connectivity index (χ3v) is 2.68. The van der Waals surface area contributed by atoms with Crippen LogP contribution >= 0.6 is 11.3 Å². The van der Waals surface area contributed by atoms with Gasteiger partial charge in [-0.3, -0.25) is 5.10 Å². The van der Waals surface area contributed by atoms with Crippen LogP contribution in [0.25, 0.3) is 10.7 Å². The maximum absolute atomic E-state index is 12.9. The monoisotopic (exact) mass is 251 g/mol. The smallest absolute Gasteiger partial charge is 0.257 e. The van der Waals surface area contributed by atoms with Crippen LogP contribution in [0.2, 0.25) is 0 Å². The molecule has 2 aromatic heterocycles. The zero-order valence-electron chi connectivity index (χ0n) is 7.62. The zero-order valence-corrected chi connectivity index (χ0v) is 8.44. The predicted molar refractivity (Wildman–Crippen MR) is 49.6 cm³/mol. The lowest BCUT2D eigenvalue weighted by atomic mass is 10.3. The van der Waals surface area contributed by atoms with Crippen molar-refractivity contribution in [3.63, 3.8) is 0 Å². The number of nitrogens with one attached hydrogen (secondary N) is 1. The maximum atomic E-state index is 12.9. The summed E-state index contributed by atoms with van der Waals surface area (Å²) in [5.41, 5.74) is 0. The van der Waals surface area contributed by atoms with Gasteiger partial charge in [0.25, 0.3) is 0 Å². The molecular formula is C8H5F4N3S. The number of rotatable bonds is 3. The highest BCUT2D eigenvalue weighted by molar-refractivity contribution is 7.13. The summed E-state index contributed by atoms with van der Waals surface area (Å²) in [4.78, 5) is 3.89. The molecule has 16 heavy (non-hydrogen) atoms. The number of nitrogens with zero attached hydrogens (tertiary/aromatic N) is 2. The van der Waals surface area contributed by atoms with Crippen molar-refractivity contribution in [1.82, 2.24) is 15.2 Å². The van der Waals surface area contributed by atoms with Gasteiger partial charge in [-0.05, 0) is 11.4 Å². The summed E-state index contributed by atoms with van der Waals surface area (Å²) in [7, 11) is 0. The summed E-state index contributed by atoms with van der Waals surface area (Å²) in [6.45, 7) is 0. The minimum atomic E-state index is -4.30. The van der Waals surface area contributed by atoms with E-state index in [1.807, 2.05) is 5.10 Å². The van der Waals surface area contributed by atoms with E-state index >= 15 is 0 Å². The van der Waals surface area contributed by atoms with Gasteiger partial charge in [0.1, 0.15) is 0 Å². The maximum Gasteiger partial charge on any atom is 0.365 e. The van der Waals surface area contributed by atoms with E-state index < -0.39 is 18.2 Å². The Kier molecular flexibility index (Phi) is 2.66. The first-order chi connectivity index (χ1) is 7.51. The minimum Gasteiger partial charge on any atom is -0.257 e. The normalized spacial score (nSPS) is 12.3. The minimum absolute atomic E-state index is 0.00896. The fourth-order valence-electron chi connectivity index (χ4n) is 1.03. The van der Waals surface area contributed by atoms with Gasteiger partial charge in [-0.15, -0.1) is 11.3 Å². The van der Waals surface area contributed by atoms with Gasteiger partial charge in [-0.2, -0.15) is 13.9 Å². The van der Waals surface area contributed by atoms with Crippen molar-refractivity contribution in [2.45, 2.75) is 12.3 Å². The third-order valence-electron chi connectivity index (χ3n) is 1.82. The van der Waals surface area contributed by atoms with Gasteiger partial charge < -0.3 is 0 Å². The van der Waals surface area contributed by atoms with Gasteiger partial charge >= 0.3 is 12.3 Å². The van der Waals surface area contributed by atoms with Crippen molar-refractivity contribution in [3.8, 4) is 10.7 Å². The average Bonchev–Trinajstić information content (AvgIpc) is 2.88. The highest BCUT2D eigenvalue weighted by atomic mass is 32.1. The molecule has 2 heterocycles. The number of H-pyrrole nitrogens is 1. The third kappa shape index (κ3) is 1.80. The Labute approximate surface area is 91.1 Å². The van der Waals surface area contributed by atoms with Crippen LogP contribution in [0.5, 0.6) is 0 Å². The van der Waals surface area contributed by atoms with E-state index in [4.69, 9.17) is 0 Å². The van der Waals surface area contributed by atoms with E-state index in [-0.39, 0.29) is 5.82 Å². The largest absolute Gasteiger partial charge is 0.365 e. The molecule has 3 nitrogen and oxygen atoms in total. The molecule has 0 fully saturated rings. The van der Waals surface area contributed by atoms with E-state index in [0.717, 1.165) is 0 Å². The Hall–Kier alpha value is -1.44. The Balaban J connectivity index is 2.33. The summed E-state index contributed by atoms with van der Waals surface area (Å²) in [5.74, 6) is -5.43. The zero-order chi connectivity index (χ0) is 11.8. The van der Waals surface area contributed by atoms with Gasteiger partial charge in [0.05, 0.1) is 4.88 Å². The lowest BCUT2D eigenvalue weighted by Gasteiger charge is -2.10. The van der Waals surface area contributed by atoms with Crippen LogP contribution in [0, 0.1) is 0 Å². The molecular weight excluding hydrogens is 246 g/mol. The molecule has 8 heteroatoms. The molecule has 0 saturated carbocycles. The first-order valence-corrected chi connectivity index (χ1v) is 5.02. The first kappa shape index (κ1) is 11.1. The highest BCUT2D eigenvalue weighted by Gasteiger charge is 2.46. The van der Waals surface area contributed by atoms with E-state index in [2.05, 4.69) is 10.1 Å². The number of hydrogen-bond acceptors (Lipinski definition) is 3. The fraction of sp³-hybridized carbons (Fsp3) is 0.250. The molecule has 0 radical (unpaired) electrons. The molecule has 0 spiro atoms. The van der Waals surface area contributed by atoms with Gasteiger partial charge in [-0.1, -0.05) is 6.07 Å². The molecule has 2 aromatic rings. The molecule has 0 atom stereocenters. The van der Waals surface area contributed by atoms with Crippen molar-refractivity contribution < 1.29 is 17.6 Å². The molecule has 0 saturated heterocycles. The second-order valence-corrected chi connectivity index (χ2v) is 3.86. The quantitative estimate of drug-likeness (QED) is 0.852. The Morgan fingerprint density at radius 3 is 2.69 bits per heavy atom. The van der Waals surface area contributed by atoms with Crippen LogP contribution in [-0.4, -0.2) is 21.6 Å². The summed E-state index contributed by atoms with van der Waals surface area (Å²) in [6, 6.07) is 3.29. The molecule has 0 unspecified atom stereocenters. The molecule has 1 N–H and O–H groups in total. The number of aromatic nitrogens is 3. The van der Waals surface area contributed by atoms with Crippen molar-refractivity contribution in [2.24, 2.45) is 0 Å². The molecule has 86 valence electrons. The number of halogens is 4. The number of aromatic amines is 1. The van der Waals surface area contributed by atoms with Crippen LogP contribution in [-0.2, 0) is 5.92 Å². The highest BCUT2D eigenvalue weighted by Crippen LogP contribution is 2.33. The standard InChI is InChI=1S/C8H5F4N3S/c9-6(10)8(11,12)7-13-5(14-15-7)4-2-1-3-16-4/h1-3,6H,(H,13,14,15). The second kappa shape index (κ2) is 3.85. The molecule has 0 bridgehead atoms. The van der Waals surface area contributed by atoms with Crippen LogP contribution in [0.1, 0.15) is 5.82 Å². The van der Waals surface area contributed by atoms with Crippen molar-refractivity contribution >= 4 is 11.3 Å². The van der Waals surface area contributed by atoms with Gasteiger partial charge in [0.15, 0.2) is 5.82 Å². The van der Waals surface area contributed by atoms with E-state index in [9.17, 15) is 17.6 Å². The molecule has 0 aliphatic heterocycles. The molecule has 0 aliphatic carbocycles. The second-order valence-electron chi connectivity index (χ2n) is 2.91. The lowest BCUT2D eigenvalue weighted by molar-refractivity contribution is -0.140. The Morgan fingerprint density at radius 2 is 2.12 bits per heavy atom.